The fraction of sp³-hybridized carbons (Fsp3) is 0.333. The van der Waals surface area contributed by atoms with E-state index < -0.39 is 0 Å². The lowest BCUT2D eigenvalue weighted by Crippen LogP contribution is -2.43. The lowest BCUT2D eigenvalue weighted by Gasteiger charge is -2.35. The van der Waals surface area contributed by atoms with E-state index >= 15 is 0 Å². The summed E-state index contributed by atoms with van der Waals surface area (Å²) in [6.07, 6.45) is 1.63. The highest BCUT2D eigenvalue weighted by molar-refractivity contribution is 6.31. The SMILES string of the molecule is CC1COCCN1c1ccc(-c2cnc(N)c(Cl)n2)cc1. The molecule has 0 bridgehead atoms. The summed E-state index contributed by atoms with van der Waals surface area (Å²) in [5.74, 6) is 0.249. The summed E-state index contributed by atoms with van der Waals surface area (Å²) in [4.78, 5) is 10.6. The summed E-state index contributed by atoms with van der Waals surface area (Å²) in [7, 11) is 0. The predicted octanol–water partition coefficient (Wildman–Crippen LogP) is 2.60. The molecule has 0 amide bonds. The number of hydrogen-bond donors (Lipinski definition) is 1. The average molecular weight is 305 g/mol. The number of hydrogen-bond acceptors (Lipinski definition) is 5. The van der Waals surface area contributed by atoms with Gasteiger partial charge in [-0.25, -0.2) is 9.97 Å². The van der Waals surface area contributed by atoms with E-state index in [9.17, 15) is 0 Å². The van der Waals surface area contributed by atoms with Crippen molar-refractivity contribution in [3.63, 3.8) is 0 Å². The molecule has 0 spiro atoms. The van der Waals surface area contributed by atoms with Crippen LogP contribution in [0.1, 0.15) is 6.92 Å². The quantitative estimate of drug-likeness (QED) is 0.924. The first-order chi connectivity index (χ1) is 10.1. The molecule has 1 aromatic heterocycles. The maximum Gasteiger partial charge on any atom is 0.171 e. The van der Waals surface area contributed by atoms with Gasteiger partial charge in [0, 0.05) is 23.8 Å². The van der Waals surface area contributed by atoms with E-state index in [1.807, 2.05) is 12.1 Å². The Morgan fingerprint density at radius 1 is 1.33 bits per heavy atom. The van der Waals surface area contributed by atoms with Gasteiger partial charge in [-0.15, -0.1) is 0 Å². The largest absolute Gasteiger partial charge is 0.381 e. The van der Waals surface area contributed by atoms with Crippen LogP contribution in [0.4, 0.5) is 11.5 Å². The van der Waals surface area contributed by atoms with Crippen LogP contribution in [0.15, 0.2) is 30.5 Å². The van der Waals surface area contributed by atoms with Crippen molar-refractivity contribution in [3.05, 3.63) is 35.6 Å². The number of rotatable bonds is 2. The first kappa shape index (κ1) is 14.1. The van der Waals surface area contributed by atoms with Gasteiger partial charge in [0.1, 0.15) is 0 Å². The first-order valence-corrected chi connectivity index (χ1v) is 7.26. The van der Waals surface area contributed by atoms with E-state index in [-0.39, 0.29) is 11.0 Å². The van der Waals surface area contributed by atoms with Gasteiger partial charge in [0.25, 0.3) is 0 Å². The summed E-state index contributed by atoms with van der Waals surface area (Å²) >= 11 is 5.92. The van der Waals surface area contributed by atoms with Gasteiger partial charge < -0.3 is 15.4 Å². The fourth-order valence-corrected chi connectivity index (χ4v) is 2.59. The lowest BCUT2D eigenvalue weighted by molar-refractivity contribution is 0.0989. The van der Waals surface area contributed by atoms with Crippen molar-refractivity contribution >= 4 is 23.1 Å². The molecule has 1 aliphatic rings. The lowest BCUT2D eigenvalue weighted by atomic mass is 10.1. The minimum Gasteiger partial charge on any atom is -0.381 e. The van der Waals surface area contributed by atoms with Crippen molar-refractivity contribution in [2.24, 2.45) is 0 Å². The Morgan fingerprint density at radius 3 is 2.76 bits per heavy atom. The van der Waals surface area contributed by atoms with Crippen LogP contribution in [0.3, 0.4) is 0 Å². The van der Waals surface area contributed by atoms with E-state index in [0.717, 1.165) is 31.0 Å². The smallest absolute Gasteiger partial charge is 0.171 e. The molecule has 2 heterocycles. The third-order valence-electron chi connectivity index (χ3n) is 3.62. The van der Waals surface area contributed by atoms with E-state index in [2.05, 4.69) is 33.9 Å². The molecule has 1 aliphatic heterocycles. The first-order valence-electron chi connectivity index (χ1n) is 6.88. The zero-order valence-electron chi connectivity index (χ0n) is 11.8. The summed E-state index contributed by atoms with van der Waals surface area (Å²) in [5.41, 5.74) is 8.45. The molecule has 6 heteroatoms. The summed E-state index contributed by atoms with van der Waals surface area (Å²) in [5, 5.41) is 0.235. The molecule has 0 radical (unpaired) electrons. The number of ether oxygens (including phenoxy) is 1. The van der Waals surface area contributed by atoms with Crippen molar-refractivity contribution in [2.45, 2.75) is 13.0 Å². The second kappa shape index (κ2) is 5.87. The van der Waals surface area contributed by atoms with Crippen LogP contribution in [0, 0.1) is 0 Å². The Labute approximate surface area is 128 Å². The molecule has 5 nitrogen and oxygen atoms in total. The van der Waals surface area contributed by atoms with Gasteiger partial charge in [-0.3, -0.25) is 0 Å². The molecule has 1 saturated heterocycles. The van der Waals surface area contributed by atoms with Gasteiger partial charge in [-0.2, -0.15) is 0 Å². The molecule has 2 aromatic rings. The molecule has 21 heavy (non-hydrogen) atoms. The Hall–Kier alpha value is -1.85. The van der Waals surface area contributed by atoms with E-state index in [0.29, 0.717) is 6.04 Å². The maximum absolute atomic E-state index is 5.92. The van der Waals surface area contributed by atoms with Gasteiger partial charge in [0.2, 0.25) is 0 Å². The summed E-state index contributed by atoms with van der Waals surface area (Å²) in [6.45, 7) is 4.61. The zero-order valence-corrected chi connectivity index (χ0v) is 12.5. The van der Waals surface area contributed by atoms with Crippen LogP contribution in [-0.4, -0.2) is 35.8 Å². The van der Waals surface area contributed by atoms with Crippen LogP contribution >= 0.6 is 11.6 Å². The number of benzene rings is 1. The number of halogens is 1. The van der Waals surface area contributed by atoms with Gasteiger partial charge in [0.15, 0.2) is 11.0 Å². The Balaban J connectivity index is 1.84. The van der Waals surface area contributed by atoms with Gasteiger partial charge >= 0.3 is 0 Å². The number of anilines is 2. The monoisotopic (exact) mass is 304 g/mol. The molecule has 2 N–H and O–H groups in total. The molecule has 1 fully saturated rings. The Morgan fingerprint density at radius 2 is 2.10 bits per heavy atom. The molecule has 3 rings (SSSR count). The second-order valence-corrected chi connectivity index (χ2v) is 5.45. The third-order valence-corrected chi connectivity index (χ3v) is 3.90. The van der Waals surface area contributed by atoms with Crippen molar-refractivity contribution in [1.82, 2.24) is 9.97 Å². The molecule has 0 saturated carbocycles. The highest BCUT2D eigenvalue weighted by Crippen LogP contribution is 2.25. The molecular formula is C15H17ClN4O. The minimum absolute atomic E-state index is 0.235. The van der Waals surface area contributed by atoms with Crippen molar-refractivity contribution in [1.29, 1.82) is 0 Å². The molecule has 110 valence electrons. The third kappa shape index (κ3) is 2.94. The second-order valence-electron chi connectivity index (χ2n) is 5.10. The number of aromatic nitrogens is 2. The van der Waals surface area contributed by atoms with Crippen LogP contribution in [0.2, 0.25) is 5.15 Å². The van der Waals surface area contributed by atoms with Crippen molar-refractivity contribution in [3.8, 4) is 11.3 Å². The number of nitrogens with zero attached hydrogens (tertiary/aromatic N) is 3. The molecular weight excluding hydrogens is 288 g/mol. The van der Waals surface area contributed by atoms with Gasteiger partial charge in [-0.05, 0) is 19.1 Å². The number of nitrogens with two attached hydrogens (primary N) is 1. The molecule has 1 aromatic carbocycles. The normalized spacial score (nSPS) is 18.8. The Kier molecular flexibility index (Phi) is 3.94. The highest BCUT2D eigenvalue weighted by atomic mass is 35.5. The van der Waals surface area contributed by atoms with E-state index in [1.54, 1.807) is 6.20 Å². The molecule has 1 atom stereocenters. The number of nitrogen functional groups attached to an aromatic ring is 1. The van der Waals surface area contributed by atoms with Crippen LogP contribution in [0.25, 0.3) is 11.3 Å². The van der Waals surface area contributed by atoms with Gasteiger partial charge in [-0.1, -0.05) is 23.7 Å². The Bertz CT molecular complexity index is 632. The minimum atomic E-state index is 0.235. The predicted molar refractivity (Wildman–Crippen MR) is 84.5 cm³/mol. The average Bonchev–Trinajstić information content (AvgIpc) is 2.51. The van der Waals surface area contributed by atoms with Crippen molar-refractivity contribution in [2.75, 3.05) is 30.4 Å². The van der Waals surface area contributed by atoms with Gasteiger partial charge in [0.05, 0.1) is 25.1 Å². The maximum atomic E-state index is 5.92. The standard InChI is InChI=1S/C15H17ClN4O/c1-10-9-21-7-6-20(10)12-4-2-11(3-5-12)13-8-18-15(17)14(16)19-13/h2-5,8,10H,6-7,9H2,1H3,(H2,17,18). The molecule has 0 aliphatic carbocycles. The van der Waals surface area contributed by atoms with Crippen molar-refractivity contribution < 1.29 is 4.74 Å². The molecule has 1 unspecified atom stereocenters. The fourth-order valence-electron chi connectivity index (χ4n) is 2.45. The summed E-state index contributed by atoms with van der Waals surface area (Å²) in [6, 6.07) is 8.60. The van der Waals surface area contributed by atoms with E-state index in [1.165, 1.54) is 5.69 Å². The van der Waals surface area contributed by atoms with E-state index in [4.69, 9.17) is 22.1 Å². The number of morpholine rings is 1. The van der Waals surface area contributed by atoms with Crippen LogP contribution in [-0.2, 0) is 4.74 Å². The van der Waals surface area contributed by atoms with Crippen LogP contribution < -0.4 is 10.6 Å². The van der Waals surface area contributed by atoms with Crippen LogP contribution in [0.5, 0.6) is 0 Å². The zero-order chi connectivity index (χ0) is 14.8. The summed E-state index contributed by atoms with van der Waals surface area (Å²) < 4.78 is 5.46. The topological polar surface area (TPSA) is 64.3 Å². The highest BCUT2D eigenvalue weighted by Gasteiger charge is 2.18.